The van der Waals surface area contributed by atoms with Gasteiger partial charge in [-0.2, -0.15) is 13.2 Å². The summed E-state index contributed by atoms with van der Waals surface area (Å²) >= 11 is 0. The first-order valence-electron chi connectivity index (χ1n) is 8.49. The Hall–Kier alpha value is -1.86. The third-order valence-corrected chi connectivity index (χ3v) is 4.73. The van der Waals surface area contributed by atoms with Crippen LogP contribution in [0.1, 0.15) is 36.2 Å². The fourth-order valence-electron chi connectivity index (χ4n) is 3.56. The van der Waals surface area contributed by atoms with Gasteiger partial charge in [0.2, 0.25) is 5.91 Å². The number of piperazine rings is 1. The molecule has 7 heteroatoms. The van der Waals surface area contributed by atoms with E-state index in [0.29, 0.717) is 13.1 Å². The molecular formula is C18H22F3N3O. The van der Waals surface area contributed by atoms with Crippen LogP contribution in [0.25, 0.3) is 10.9 Å². The van der Waals surface area contributed by atoms with Crippen molar-refractivity contribution in [1.29, 1.82) is 0 Å². The van der Waals surface area contributed by atoms with Crippen LogP contribution in [0, 0.1) is 0 Å². The molecule has 0 saturated carbocycles. The lowest BCUT2D eigenvalue weighted by Crippen LogP contribution is -2.45. The molecule has 2 heterocycles. The smallest absolute Gasteiger partial charge is 0.314 e. The Kier molecular flexibility index (Phi) is 5.15. The molecule has 136 valence electrons. The molecule has 1 fully saturated rings. The number of hydrogen-bond donors (Lipinski definition) is 1. The van der Waals surface area contributed by atoms with Crippen LogP contribution >= 0.6 is 0 Å². The zero-order chi connectivity index (χ0) is 18.0. The van der Waals surface area contributed by atoms with Gasteiger partial charge in [-0.15, -0.1) is 0 Å². The lowest BCUT2D eigenvalue weighted by molar-refractivity contribution is -0.138. The quantitative estimate of drug-likeness (QED) is 0.913. The average Bonchev–Trinajstić information content (AvgIpc) is 2.95. The van der Waals surface area contributed by atoms with E-state index < -0.39 is 12.6 Å². The van der Waals surface area contributed by atoms with E-state index in [0.717, 1.165) is 29.6 Å². The Morgan fingerprint density at radius 3 is 2.56 bits per heavy atom. The zero-order valence-corrected chi connectivity index (χ0v) is 14.1. The summed E-state index contributed by atoms with van der Waals surface area (Å²) in [6.07, 6.45) is -3.31. The van der Waals surface area contributed by atoms with Crippen LogP contribution in [-0.4, -0.2) is 47.7 Å². The minimum Gasteiger partial charge on any atom is -0.314 e. The molecule has 25 heavy (non-hydrogen) atoms. The number of para-hydroxylation sites is 1. The maximum absolute atomic E-state index is 12.9. The number of nitrogens with one attached hydrogen (secondary N) is 1. The van der Waals surface area contributed by atoms with Gasteiger partial charge in [-0.05, 0) is 18.1 Å². The number of carbonyl (C=O) groups is 1. The SMILES string of the molecule is CC(=O)n1cc([C@@H](CCC(F)(F)F)N2CCNCC2)c2ccccc21. The molecule has 1 aliphatic rings. The average molecular weight is 353 g/mol. The number of benzene rings is 1. The normalized spacial score (nSPS) is 17.8. The van der Waals surface area contributed by atoms with Gasteiger partial charge in [0.1, 0.15) is 0 Å². The monoisotopic (exact) mass is 353 g/mol. The highest BCUT2D eigenvalue weighted by Crippen LogP contribution is 2.36. The second-order valence-electron chi connectivity index (χ2n) is 6.45. The third kappa shape index (κ3) is 4.04. The van der Waals surface area contributed by atoms with E-state index in [2.05, 4.69) is 10.2 Å². The molecule has 1 aliphatic heterocycles. The summed E-state index contributed by atoms with van der Waals surface area (Å²) in [4.78, 5) is 14.0. The molecule has 1 saturated heterocycles. The van der Waals surface area contributed by atoms with E-state index in [9.17, 15) is 18.0 Å². The first-order chi connectivity index (χ1) is 11.9. The number of hydrogen-bond acceptors (Lipinski definition) is 3. The molecule has 4 nitrogen and oxygen atoms in total. The van der Waals surface area contributed by atoms with Crippen molar-refractivity contribution in [3.8, 4) is 0 Å². The van der Waals surface area contributed by atoms with Crippen LogP contribution in [-0.2, 0) is 0 Å². The van der Waals surface area contributed by atoms with Crippen molar-refractivity contribution >= 4 is 16.8 Å². The standard InChI is InChI=1S/C18H22F3N3O/c1-13(25)24-12-15(14-4-2-3-5-17(14)24)16(6-7-18(19,20)21)23-10-8-22-9-11-23/h2-5,12,16,22H,6-11H2,1H3/t16-/m1/s1. The van der Waals surface area contributed by atoms with Crippen LogP contribution in [0.5, 0.6) is 0 Å². The van der Waals surface area contributed by atoms with E-state index in [1.54, 1.807) is 6.20 Å². The molecule has 0 spiro atoms. The molecule has 1 atom stereocenters. The lowest BCUT2D eigenvalue weighted by atomic mass is 9.98. The van der Waals surface area contributed by atoms with Crippen molar-refractivity contribution in [2.24, 2.45) is 0 Å². The number of rotatable bonds is 4. The highest BCUT2D eigenvalue weighted by atomic mass is 19.4. The predicted octanol–water partition coefficient (Wildman–Crippen LogP) is 3.59. The minimum absolute atomic E-state index is 0.00455. The maximum Gasteiger partial charge on any atom is 0.389 e. The minimum atomic E-state index is -4.19. The molecule has 0 unspecified atom stereocenters. The molecule has 1 aromatic carbocycles. The first-order valence-corrected chi connectivity index (χ1v) is 8.49. The van der Waals surface area contributed by atoms with Gasteiger partial charge in [0, 0.05) is 57.1 Å². The molecule has 0 radical (unpaired) electrons. The summed E-state index contributed by atoms with van der Waals surface area (Å²) in [5.41, 5.74) is 1.55. The molecule has 0 aliphatic carbocycles. The van der Waals surface area contributed by atoms with Crippen molar-refractivity contribution in [2.75, 3.05) is 26.2 Å². The number of alkyl halides is 3. The molecule has 1 aromatic heterocycles. The van der Waals surface area contributed by atoms with Crippen molar-refractivity contribution < 1.29 is 18.0 Å². The van der Waals surface area contributed by atoms with Gasteiger partial charge in [-0.1, -0.05) is 18.2 Å². The van der Waals surface area contributed by atoms with Crippen molar-refractivity contribution in [3.05, 3.63) is 36.0 Å². The Morgan fingerprint density at radius 1 is 1.24 bits per heavy atom. The van der Waals surface area contributed by atoms with Gasteiger partial charge in [0.25, 0.3) is 0 Å². The van der Waals surface area contributed by atoms with E-state index in [1.807, 2.05) is 24.3 Å². The van der Waals surface area contributed by atoms with E-state index >= 15 is 0 Å². The summed E-state index contributed by atoms with van der Waals surface area (Å²) in [5.74, 6) is -0.141. The Labute approximate surface area is 144 Å². The molecule has 0 bridgehead atoms. The highest BCUT2D eigenvalue weighted by molar-refractivity contribution is 5.93. The Bertz CT molecular complexity index is 748. The van der Waals surface area contributed by atoms with Crippen LogP contribution < -0.4 is 5.32 Å². The van der Waals surface area contributed by atoms with Gasteiger partial charge in [0.05, 0.1) is 5.52 Å². The topological polar surface area (TPSA) is 37.3 Å². The van der Waals surface area contributed by atoms with Crippen LogP contribution in [0.2, 0.25) is 0 Å². The fraction of sp³-hybridized carbons (Fsp3) is 0.500. The second-order valence-corrected chi connectivity index (χ2v) is 6.45. The largest absolute Gasteiger partial charge is 0.389 e. The summed E-state index contributed by atoms with van der Waals surface area (Å²) in [6.45, 7) is 4.37. The summed E-state index contributed by atoms with van der Waals surface area (Å²) < 4.78 is 40.1. The van der Waals surface area contributed by atoms with Gasteiger partial charge < -0.3 is 5.32 Å². The van der Waals surface area contributed by atoms with Crippen LogP contribution in [0.3, 0.4) is 0 Å². The van der Waals surface area contributed by atoms with Crippen LogP contribution in [0.15, 0.2) is 30.5 Å². The second kappa shape index (κ2) is 7.17. The third-order valence-electron chi connectivity index (χ3n) is 4.73. The maximum atomic E-state index is 12.9. The Balaban J connectivity index is 2.02. The van der Waals surface area contributed by atoms with E-state index in [1.165, 1.54) is 11.5 Å². The molecule has 0 amide bonds. The predicted molar refractivity (Wildman–Crippen MR) is 90.7 cm³/mol. The van der Waals surface area contributed by atoms with Gasteiger partial charge in [0.15, 0.2) is 0 Å². The molecule has 2 aromatic rings. The lowest BCUT2D eigenvalue weighted by Gasteiger charge is -2.35. The summed E-state index contributed by atoms with van der Waals surface area (Å²) in [6, 6.07) is 7.05. The van der Waals surface area contributed by atoms with Crippen molar-refractivity contribution in [2.45, 2.75) is 32.0 Å². The number of nitrogens with zero attached hydrogens (tertiary/aromatic N) is 2. The first kappa shape index (κ1) is 17.9. The molecule has 1 N–H and O–H groups in total. The van der Waals surface area contributed by atoms with Gasteiger partial charge in [-0.25, -0.2) is 0 Å². The van der Waals surface area contributed by atoms with Gasteiger partial charge in [-0.3, -0.25) is 14.3 Å². The fourth-order valence-corrected chi connectivity index (χ4v) is 3.56. The number of aromatic nitrogens is 1. The highest BCUT2D eigenvalue weighted by Gasteiger charge is 2.32. The van der Waals surface area contributed by atoms with Crippen LogP contribution in [0.4, 0.5) is 13.2 Å². The summed E-state index contributed by atoms with van der Waals surface area (Å²) in [5, 5.41) is 4.08. The number of fused-ring (bicyclic) bond motifs is 1. The van der Waals surface area contributed by atoms with Crippen molar-refractivity contribution in [1.82, 2.24) is 14.8 Å². The molecular weight excluding hydrogens is 331 g/mol. The van der Waals surface area contributed by atoms with E-state index in [-0.39, 0.29) is 18.4 Å². The number of halogens is 3. The van der Waals surface area contributed by atoms with Crippen molar-refractivity contribution in [3.63, 3.8) is 0 Å². The Morgan fingerprint density at radius 2 is 1.92 bits per heavy atom. The van der Waals surface area contributed by atoms with Gasteiger partial charge >= 0.3 is 6.18 Å². The zero-order valence-electron chi connectivity index (χ0n) is 14.1. The summed E-state index contributed by atoms with van der Waals surface area (Å²) in [7, 11) is 0. The number of carbonyl (C=O) groups excluding carboxylic acids is 1. The molecule has 3 rings (SSSR count). The van der Waals surface area contributed by atoms with E-state index in [4.69, 9.17) is 0 Å².